The van der Waals surface area contributed by atoms with Crippen molar-refractivity contribution < 1.29 is 23.7 Å². The van der Waals surface area contributed by atoms with Gasteiger partial charge in [-0.15, -0.1) is 0 Å². The maximum Gasteiger partial charge on any atom is 0.195 e. The SMILES string of the molecule is CCOc1ccc(NC(=NC)NCc2c(OC)cc(OC)cc2OC)cc1OC. The molecule has 158 valence electrons. The van der Waals surface area contributed by atoms with Gasteiger partial charge in [0.15, 0.2) is 17.5 Å². The van der Waals surface area contributed by atoms with Crippen molar-refractivity contribution >= 4 is 11.6 Å². The quantitative estimate of drug-likeness (QED) is 0.491. The topological polar surface area (TPSA) is 82.6 Å². The third-order valence-electron chi connectivity index (χ3n) is 4.20. The second-order valence-corrected chi connectivity index (χ2v) is 5.86. The van der Waals surface area contributed by atoms with Crippen molar-refractivity contribution in [3.05, 3.63) is 35.9 Å². The standard InChI is InChI=1S/C21H29N3O5/c1-7-29-17-9-8-14(10-20(17)28-6)24-21(22-2)23-13-16-18(26-4)11-15(25-3)12-19(16)27-5/h8-12H,7,13H2,1-6H3,(H2,22,23,24). The minimum atomic E-state index is 0.435. The fourth-order valence-electron chi connectivity index (χ4n) is 2.76. The van der Waals surface area contributed by atoms with Crippen LogP contribution in [0.15, 0.2) is 35.3 Å². The number of anilines is 1. The highest BCUT2D eigenvalue weighted by molar-refractivity contribution is 5.93. The molecule has 2 aromatic rings. The van der Waals surface area contributed by atoms with E-state index >= 15 is 0 Å². The third-order valence-corrected chi connectivity index (χ3v) is 4.20. The van der Waals surface area contributed by atoms with Crippen molar-refractivity contribution in [1.29, 1.82) is 0 Å². The average Bonchev–Trinajstić information content (AvgIpc) is 2.76. The molecule has 0 unspecified atom stereocenters. The molecule has 0 aromatic heterocycles. The lowest BCUT2D eigenvalue weighted by Crippen LogP contribution is -2.30. The van der Waals surface area contributed by atoms with Crippen LogP contribution >= 0.6 is 0 Å². The van der Waals surface area contributed by atoms with Crippen molar-refractivity contribution in [2.45, 2.75) is 13.5 Å². The van der Waals surface area contributed by atoms with E-state index in [-0.39, 0.29) is 0 Å². The van der Waals surface area contributed by atoms with Gasteiger partial charge in [0.1, 0.15) is 17.2 Å². The summed E-state index contributed by atoms with van der Waals surface area (Å²) in [6, 6.07) is 9.23. The number of nitrogens with one attached hydrogen (secondary N) is 2. The summed E-state index contributed by atoms with van der Waals surface area (Å²) >= 11 is 0. The van der Waals surface area contributed by atoms with Crippen LogP contribution in [0, 0.1) is 0 Å². The maximum atomic E-state index is 5.55. The first-order chi connectivity index (χ1) is 14.1. The third kappa shape index (κ3) is 5.60. The molecule has 29 heavy (non-hydrogen) atoms. The summed E-state index contributed by atoms with van der Waals surface area (Å²) < 4.78 is 27.2. The lowest BCUT2D eigenvalue weighted by molar-refractivity contribution is 0.311. The predicted molar refractivity (Wildman–Crippen MR) is 114 cm³/mol. The molecule has 0 saturated heterocycles. The number of rotatable bonds is 9. The molecule has 0 fully saturated rings. The van der Waals surface area contributed by atoms with E-state index < -0.39 is 0 Å². The zero-order valence-corrected chi connectivity index (χ0v) is 17.8. The molecule has 8 heteroatoms. The highest BCUT2D eigenvalue weighted by Crippen LogP contribution is 2.34. The van der Waals surface area contributed by atoms with Gasteiger partial charge < -0.3 is 34.3 Å². The molecular weight excluding hydrogens is 374 g/mol. The monoisotopic (exact) mass is 403 g/mol. The smallest absolute Gasteiger partial charge is 0.195 e. The molecule has 0 heterocycles. The van der Waals surface area contributed by atoms with E-state index in [4.69, 9.17) is 23.7 Å². The molecule has 0 radical (unpaired) electrons. The number of benzene rings is 2. The van der Waals surface area contributed by atoms with Crippen molar-refractivity contribution in [3.63, 3.8) is 0 Å². The number of hydrogen-bond donors (Lipinski definition) is 2. The van der Waals surface area contributed by atoms with Gasteiger partial charge >= 0.3 is 0 Å². The van der Waals surface area contributed by atoms with E-state index in [1.807, 2.05) is 37.3 Å². The van der Waals surface area contributed by atoms with Crippen molar-refractivity contribution in [3.8, 4) is 28.7 Å². The molecule has 0 bridgehead atoms. The first-order valence-electron chi connectivity index (χ1n) is 9.17. The highest BCUT2D eigenvalue weighted by atomic mass is 16.5. The fourth-order valence-corrected chi connectivity index (χ4v) is 2.76. The Morgan fingerprint density at radius 3 is 2.03 bits per heavy atom. The van der Waals surface area contributed by atoms with E-state index in [1.54, 1.807) is 35.5 Å². The molecular formula is C21H29N3O5. The van der Waals surface area contributed by atoms with Gasteiger partial charge in [0, 0.05) is 30.9 Å². The molecule has 0 atom stereocenters. The van der Waals surface area contributed by atoms with Crippen LogP contribution in [0.5, 0.6) is 28.7 Å². The molecule has 0 aliphatic heterocycles. The van der Waals surface area contributed by atoms with Crippen molar-refractivity contribution in [1.82, 2.24) is 5.32 Å². The first kappa shape index (κ1) is 22.0. The Morgan fingerprint density at radius 2 is 1.52 bits per heavy atom. The van der Waals surface area contributed by atoms with Crippen LogP contribution in [0.25, 0.3) is 0 Å². The zero-order valence-electron chi connectivity index (χ0n) is 17.8. The molecule has 2 N–H and O–H groups in total. The normalized spacial score (nSPS) is 10.9. The number of aliphatic imine (C=N–C) groups is 1. The van der Waals surface area contributed by atoms with Crippen LogP contribution in [0.2, 0.25) is 0 Å². The Morgan fingerprint density at radius 1 is 0.862 bits per heavy atom. The Balaban J connectivity index is 2.16. The molecule has 2 aromatic carbocycles. The minimum absolute atomic E-state index is 0.435. The molecule has 8 nitrogen and oxygen atoms in total. The van der Waals surface area contributed by atoms with Gasteiger partial charge in [0.05, 0.1) is 47.2 Å². The van der Waals surface area contributed by atoms with Gasteiger partial charge in [-0.2, -0.15) is 0 Å². The number of hydrogen-bond acceptors (Lipinski definition) is 6. The molecule has 0 aliphatic rings. The molecule has 0 spiro atoms. The van der Waals surface area contributed by atoms with Crippen LogP contribution in [0.1, 0.15) is 12.5 Å². The highest BCUT2D eigenvalue weighted by Gasteiger charge is 2.14. The second kappa shape index (κ2) is 10.9. The molecule has 0 aliphatic carbocycles. The van der Waals surface area contributed by atoms with E-state index in [0.29, 0.717) is 47.9 Å². The van der Waals surface area contributed by atoms with E-state index in [9.17, 15) is 0 Å². The first-order valence-corrected chi connectivity index (χ1v) is 9.17. The summed E-state index contributed by atoms with van der Waals surface area (Å²) in [4.78, 5) is 4.27. The van der Waals surface area contributed by atoms with Crippen LogP contribution in [0.4, 0.5) is 5.69 Å². The van der Waals surface area contributed by atoms with Gasteiger partial charge in [0.2, 0.25) is 0 Å². The second-order valence-electron chi connectivity index (χ2n) is 5.86. The Kier molecular flexibility index (Phi) is 8.27. The summed E-state index contributed by atoms with van der Waals surface area (Å²) in [5.74, 6) is 3.89. The number of methoxy groups -OCH3 is 4. The zero-order chi connectivity index (χ0) is 21.2. The van der Waals surface area contributed by atoms with E-state index in [1.165, 1.54) is 0 Å². The fraction of sp³-hybridized carbons (Fsp3) is 0.381. The van der Waals surface area contributed by atoms with Crippen LogP contribution < -0.4 is 34.3 Å². The summed E-state index contributed by atoms with van der Waals surface area (Å²) in [7, 11) is 8.12. The Hall–Kier alpha value is -3.29. The minimum Gasteiger partial charge on any atom is -0.496 e. The van der Waals surface area contributed by atoms with Gasteiger partial charge in [-0.05, 0) is 19.1 Å². The van der Waals surface area contributed by atoms with Gasteiger partial charge in [0.25, 0.3) is 0 Å². The molecule has 0 amide bonds. The largest absolute Gasteiger partial charge is 0.496 e. The Labute approximate surface area is 171 Å². The molecule has 2 rings (SSSR count). The van der Waals surface area contributed by atoms with Crippen LogP contribution in [-0.2, 0) is 6.54 Å². The maximum absolute atomic E-state index is 5.55. The van der Waals surface area contributed by atoms with Gasteiger partial charge in [-0.25, -0.2) is 0 Å². The lowest BCUT2D eigenvalue weighted by atomic mass is 10.1. The van der Waals surface area contributed by atoms with Gasteiger partial charge in [-0.3, -0.25) is 4.99 Å². The van der Waals surface area contributed by atoms with Gasteiger partial charge in [-0.1, -0.05) is 0 Å². The number of guanidine groups is 1. The predicted octanol–water partition coefficient (Wildman–Crippen LogP) is 3.31. The number of ether oxygens (including phenoxy) is 5. The Bertz CT molecular complexity index is 814. The van der Waals surface area contributed by atoms with Crippen molar-refractivity contribution in [2.75, 3.05) is 47.4 Å². The summed E-state index contributed by atoms with van der Waals surface area (Å²) in [6.45, 7) is 2.93. The van der Waals surface area contributed by atoms with E-state index in [2.05, 4.69) is 15.6 Å². The molecule has 0 saturated carbocycles. The van der Waals surface area contributed by atoms with Crippen molar-refractivity contribution in [2.24, 2.45) is 4.99 Å². The number of nitrogens with zero attached hydrogens (tertiary/aromatic N) is 1. The lowest BCUT2D eigenvalue weighted by Gasteiger charge is -2.18. The van der Waals surface area contributed by atoms with Crippen LogP contribution in [0.3, 0.4) is 0 Å². The van der Waals surface area contributed by atoms with E-state index in [0.717, 1.165) is 11.3 Å². The summed E-state index contributed by atoms with van der Waals surface area (Å²) in [5, 5.41) is 6.50. The average molecular weight is 403 g/mol. The van der Waals surface area contributed by atoms with Crippen LogP contribution in [-0.4, -0.2) is 48.1 Å². The summed E-state index contributed by atoms with van der Waals surface area (Å²) in [5.41, 5.74) is 1.66. The summed E-state index contributed by atoms with van der Waals surface area (Å²) in [6.07, 6.45) is 0.